The summed E-state index contributed by atoms with van der Waals surface area (Å²) < 4.78 is 14.3. The van der Waals surface area contributed by atoms with Crippen molar-refractivity contribution in [2.75, 3.05) is 18.9 Å². The number of carbonyl (C=O) groups excluding carboxylic acids is 3. The molecule has 200 valence electrons. The van der Waals surface area contributed by atoms with Gasteiger partial charge in [-0.15, -0.1) is 0 Å². The third-order valence-electron chi connectivity index (χ3n) is 8.10. The number of carbonyl (C=O) groups is 3. The maximum atomic E-state index is 14.3. The molecule has 2 aliphatic rings. The lowest BCUT2D eigenvalue weighted by Crippen LogP contribution is -2.52. The van der Waals surface area contributed by atoms with Gasteiger partial charge in [0.05, 0.1) is 11.5 Å². The van der Waals surface area contributed by atoms with Crippen molar-refractivity contribution in [1.82, 2.24) is 14.8 Å². The summed E-state index contributed by atoms with van der Waals surface area (Å²) in [5, 5.41) is 13.2. The van der Waals surface area contributed by atoms with Gasteiger partial charge < -0.3 is 20.1 Å². The Morgan fingerprint density at radius 3 is 2.62 bits per heavy atom. The molecule has 1 unspecified atom stereocenters. The third kappa shape index (κ3) is 4.00. The van der Waals surface area contributed by atoms with Gasteiger partial charge in [-0.1, -0.05) is 54.6 Å². The number of hydrogen-bond donors (Lipinski definition) is 2. The van der Waals surface area contributed by atoms with E-state index in [0.717, 1.165) is 11.1 Å². The van der Waals surface area contributed by atoms with Gasteiger partial charge in [-0.05, 0) is 35.4 Å². The predicted molar refractivity (Wildman–Crippen MR) is 147 cm³/mol. The standard InChI is InChI=1S/C31H26FN5O3/c1-36(28(38)26-15-21-23(32)11-7-13-24(21)34-26)27(14-19-8-3-2-4-9-19)29(39)37-18-31(16-20(37)17-33)22-10-5-6-12-25(22)35-30(31)40/h2-13,15,20,27,34H,14,16,18H2,1H3,(H,35,40)/t20?,27-,31-/m0/s1. The molecule has 8 nitrogen and oxygen atoms in total. The molecular formula is C31H26FN5O3. The second-order valence-electron chi connectivity index (χ2n) is 10.4. The largest absolute Gasteiger partial charge is 0.350 e. The van der Waals surface area contributed by atoms with E-state index in [9.17, 15) is 24.0 Å². The molecule has 3 atom stereocenters. The van der Waals surface area contributed by atoms with E-state index in [4.69, 9.17) is 0 Å². The van der Waals surface area contributed by atoms with Crippen LogP contribution >= 0.6 is 0 Å². The van der Waals surface area contributed by atoms with Gasteiger partial charge in [0, 0.05) is 43.0 Å². The molecule has 1 aromatic heterocycles. The second kappa shape index (κ2) is 9.65. The molecule has 40 heavy (non-hydrogen) atoms. The van der Waals surface area contributed by atoms with Crippen molar-refractivity contribution < 1.29 is 18.8 Å². The van der Waals surface area contributed by atoms with E-state index >= 15 is 0 Å². The van der Waals surface area contributed by atoms with Crippen LogP contribution in [0.5, 0.6) is 0 Å². The van der Waals surface area contributed by atoms with Crippen LogP contribution in [0.25, 0.3) is 10.9 Å². The molecule has 6 rings (SSSR count). The number of para-hydroxylation sites is 1. The van der Waals surface area contributed by atoms with Crippen LogP contribution in [0.4, 0.5) is 10.1 Å². The first-order valence-electron chi connectivity index (χ1n) is 13.0. The second-order valence-corrected chi connectivity index (χ2v) is 10.4. The number of anilines is 1. The number of hydrogen-bond acceptors (Lipinski definition) is 4. The van der Waals surface area contributed by atoms with Crippen molar-refractivity contribution in [2.45, 2.75) is 30.3 Å². The number of nitriles is 1. The van der Waals surface area contributed by atoms with Crippen molar-refractivity contribution in [2.24, 2.45) is 0 Å². The van der Waals surface area contributed by atoms with Crippen LogP contribution in [0.1, 0.15) is 28.0 Å². The summed E-state index contributed by atoms with van der Waals surface area (Å²) >= 11 is 0. The number of likely N-dealkylation sites (N-methyl/N-ethyl adjacent to an activating group) is 1. The van der Waals surface area contributed by atoms with Crippen LogP contribution in [-0.2, 0) is 21.4 Å². The number of nitrogens with one attached hydrogen (secondary N) is 2. The highest BCUT2D eigenvalue weighted by Gasteiger charge is 2.56. The predicted octanol–water partition coefficient (Wildman–Crippen LogP) is 4.00. The van der Waals surface area contributed by atoms with Crippen molar-refractivity contribution in [1.29, 1.82) is 5.26 Å². The van der Waals surface area contributed by atoms with Crippen molar-refractivity contribution in [3.63, 3.8) is 0 Å². The maximum Gasteiger partial charge on any atom is 0.270 e. The molecule has 3 heterocycles. The van der Waals surface area contributed by atoms with Crippen LogP contribution in [0.3, 0.4) is 0 Å². The molecule has 0 aliphatic carbocycles. The van der Waals surface area contributed by atoms with Crippen LogP contribution < -0.4 is 5.32 Å². The molecule has 9 heteroatoms. The Labute approximate surface area is 230 Å². The van der Waals surface area contributed by atoms with E-state index in [0.29, 0.717) is 11.2 Å². The molecule has 2 N–H and O–H groups in total. The van der Waals surface area contributed by atoms with Crippen molar-refractivity contribution >= 4 is 34.3 Å². The number of amides is 3. The monoisotopic (exact) mass is 535 g/mol. The van der Waals surface area contributed by atoms with Gasteiger partial charge in [0.25, 0.3) is 5.91 Å². The highest BCUT2D eigenvalue weighted by atomic mass is 19.1. The number of likely N-dealkylation sites (tertiary alicyclic amines) is 1. The summed E-state index contributed by atoms with van der Waals surface area (Å²) in [6, 6.07) is 23.0. The van der Waals surface area contributed by atoms with Gasteiger partial charge in [0.15, 0.2) is 0 Å². The first-order valence-corrected chi connectivity index (χ1v) is 13.0. The van der Waals surface area contributed by atoms with Crippen molar-refractivity contribution in [3.05, 3.63) is 102 Å². The first kappa shape index (κ1) is 25.3. The molecule has 4 aromatic rings. The number of aromatic amines is 1. The van der Waals surface area contributed by atoms with Gasteiger partial charge in [0.1, 0.15) is 23.6 Å². The number of benzene rings is 3. The number of nitrogens with zero attached hydrogens (tertiary/aromatic N) is 3. The van der Waals surface area contributed by atoms with E-state index in [1.807, 2.05) is 54.6 Å². The molecular weight excluding hydrogens is 509 g/mol. The fourth-order valence-electron chi connectivity index (χ4n) is 5.97. The van der Waals surface area contributed by atoms with Gasteiger partial charge in [0.2, 0.25) is 11.8 Å². The molecule has 0 radical (unpaired) electrons. The summed E-state index contributed by atoms with van der Waals surface area (Å²) in [5.41, 5.74) is 1.85. The van der Waals surface area contributed by atoms with E-state index in [1.54, 1.807) is 12.1 Å². The van der Waals surface area contributed by atoms with E-state index in [1.165, 1.54) is 29.0 Å². The Balaban J connectivity index is 1.35. The molecule has 2 aliphatic heterocycles. The minimum Gasteiger partial charge on any atom is -0.350 e. The highest BCUT2D eigenvalue weighted by Crippen LogP contribution is 2.46. The molecule has 3 aromatic carbocycles. The minimum absolute atomic E-state index is 0.0256. The summed E-state index contributed by atoms with van der Waals surface area (Å²) in [6.07, 6.45) is 0.357. The molecule has 3 amide bonds. The molecule has 1 spiro atoms. The number of halogens is 1. The SMILES string of the molecule is CN(C(=O)c1cc2c(F)cccc2[nH]1)[C@@H](Cc1ccccc1)C(=O)N1C[C@]2(CC1C#N)C(=O)Nc1ccccc12. The Morgan fingerprint density at radius 2 is 1.88 bits per heavy atom. The Kier molecular flexibility index (Phi) is 6.11. The van der Waals surface area contributed by atoms with E-state index in [2.05, 4.69) is 16.4 Å². The van der Waals surface area contributed by atoms with Gasteiger partial charge in [-0.3, -0.25) is 14.4 Å². The fourth-order valence-corrected chi connectivity index (χ4v) is 5.97. The fraction of sp³-hybridized carbons (Fsp3) is 0.226. The van der Waals surface area contributed by atoms with Crippen molar-refractivity contribution in [3.8, 4) is 6.07 Å². The van der Waals surface area contributed by atoms with Gasteiger partial charge in [-0.25, -0.2) is 4.39 Å². The van der Waals surface area contributed by atoms with Crippen LogP contribution in [-0.4, -0.2) is 58.2 Å². The zero-order chi connectivity index (χ0) is 28.0. The number of H-pyrrole nitrogens is 1. The highest BCUT2D eigenvalue weighted by molar-refractivity contribution is 6.07. The molecule has 1 fully saturated rings. The third-order valence-corrected chi connectivity index (χ3v) is 8.10. The average Bonchev–Trinajstić information content (AvgIpc) is 3.66. The van der Waals surface area contributed by atoms with Crippen LogP contribution in [0.15, 0.2) is 78.9 Å². The summed E-state index contributed by atoms with van der Waals surface area (Å²) in [5.74, 6) is -1.62. The number of fused-ring (bicyclic) bond motifs is 3. The van der Waals surface area contributed by atoms with Gasteiger partial charge >= 0.3 is 0 Å². The molecule has 0 saturated carbocycles. The lowest BCUT2D eigenvalue weighted by molar-refractivity contribution is -0.136. The minimum atomic E-state index is -1.04. The summed E-state index contributed by atoms with van der Waals surface area (Å²) in [7, 11) is 1.53. The smallest absolute Gasteiger partial charge is 0.270 e. The van der Waals surface area contributed by atoms with Crippen LogP contribution in [0.2, 0.25) is 0 Å². The Morgan fingerprint density at radius 1 is 1.12 bits per heavy atom. The zero-order valence-corrected chi connectivity index (χ0v) is 21.7. The zero-order valence-electron chi connectivity index (χ0n) is 21.7. The normalized spacial score (nSPS) is 20.3. The number of rotatable bonds is 5. The quantitative estimate of drug-likeness (QED) is 0.403. The summed E-state index contributed by atoms with van der Waals surface area (Å²) in [4.78, 5) is 46.9. The molecule has 1 saturated heterocycles. The van der Waals surface area contributed by atoms with E-state index in [-0.39, 0.29) is 36.4 Å². The maximum absolute atomic E-state index is 14.3. The molecule has 0 bridgehead atoms. The number of aromatic nitrogens is 1. The Hall–Kier alpha value is -4.97. The van der Waals surface area contributed by atoms with E-state index < -0.39 is 35.1 Å². The first-order chi connectivity index (χ1) is 19.3. The summed E-state index contributed by atoms with van der Waals surface area (Å²) in [6.45, 7) is 0.0256. The average molecular weight is 536 g/mol. The van der Waals surface area contributed by atoms with Crippen LogP contribution in [0, 0.1) is 17.1 Å². The topological polar surface area (TPSA) is 109 Å². The lowest BCUT2D eigenvalue weighted by Gasteiger charge is -2.32. The Bertz CT molecular complexity index is 1690. The lowest BCUT2D eigenvalue weighted by atomic mass is 9.80. The van der Waals surface area contributed by atoms with Gasteiger partial charge in [-0.2, -0.15) is 5.26 Å².